The summed E-state index contributed by atoms with van der Waals surface area (Å²) >= 11 is 6.21. The van der Waals surface area contributed by atoms with Crippen molar-refractivity contribution < 1.29 is 9.32 Å². The summed E-state index contributed by atoms with van der Waals surface area (Å²) in [5, 5.41) is 4.69. The standard InChI is InChI=1S/C17H19ClN4O2/c18-13-5-3-7-19-16(13)21-8-10-22(11-9-21)17(23)15-12-4-1-2-6-14(12)24-20-15/h3,5,7H,1-2,4,6,8-11H2. The third-order valence-corrected chi connectivity index (χ3v) is 5.05. The number of amides is 1. The molecule has 1 aliphatic heterocycles. The predicted octanol–water partition coefficient (Wildman–Crippen LogP) is 2.56. The molecule has 2 aromatic rings. The molecule has 0 bridgehead atoms. The van der Waals surface area contributed by atoms with Crippen LogP contribution < -0.4 is 4.90 Å². The minimum absolute atomic E-state index is 0.0198. The number of anilines is 1. The highest BCUT2D eigenvalue weighted by Gasteiger charge is 2.29. The van der Waals surface area contributed by atoms with Crippen LogP contribution >= 0.6 is 11.6 Å². The monoisotopic (exact) mass is 346 g/mol. The first kappa shape index (κ1) is 15.4. The molecule has 6 nitrogen and oxygen atoms in total. The second-order valence-corrected chi connectivity index (χ2v) is 6.64. The molecule has 2 aliphatic rings. The number of aromatic nitrogens is 2. The lowest BCUT2D eigenvalue weighted by Gasteiger charge is -2.35. The van der Waals surface area contributed by atoms with Gasteiger partial charge in [0.1, 0.15) is 11.6 Å². The number of hydrogen-bond acceptors (Lipinski definition) is 5. The number of rotatable bonds is 2. The number of hydrogen-bond donors (Lipinski definition) is 0. The van der Waals surface area contributed by atoms with Gasteiger partial charge in [-0.15, -0.1) is 0 Å². The number of aryl methyl sites for hydroxylation is 1. The Labute approximate surface area is 145 Å². The molecule has 0 radical (unpaired) electrons. The Bertz CT molecular complexity index is 753. The summed E-state index contributed by atoms with van der Waals surface area (Å²) in [6, 6.07) is 3.66. The molecule has 0 unspecified atom stereocenters. The molecule has 126 valence electrons. The molecule has 24 heavy (non-hydrogen) atoms. The molecule has 1 saturated heterocycles. The van der Waals surface area contributed by atoms with E-state index < -0.39 is 0 Å². The van der Waals surface area contributed by atoms with Gasteiger partial charge in [-0.05, 0) is 31.4 Å². The van der Waals surface area contributed by atoms with Crippen LogP contribution in [0.15, 0.2) is 22.9 Å². The number of carbonyl (C=O) groups excluding carboxylic acids is 1. The third-order valence-electron chi connectivity index (χ3n) is 4.76. The van der Waals surface area contributed by atoms with Gasteiger partial charge in [-0.3, -0.25) is 4.79 Å². The van der Waals surface area contributed by atoms with E-state index in [0.29, 0.717) is 36.9 Å². The van der Waals surface area contributed by atoms with Gasteiger partial charge < -0.3 is 14.3 Å². The van der Waals surface area contributed by atoms with Crippen molar-refractivity contribution in [1.29, 1.82) is 0 Å². The van der Waals surface area contributed by atoms with Crippen molar-refractivity contribution >= 4 is 23.3 Å². The number of fused-ring (bicyclic) bond motifs is 1. The second-order valence-electron chi connectivity index (χ2n) is 6.23. The Morgan fingerprint density at radius 3 is 2.75 bits per heavy atom. The first-order valence-electron chi connectivity index (χ1n) is 8.36. The molecular weight excluding hydrogens is 328 g/mol. The molecule has 1 amide bonds. The average Bonchev–Trinajstić information content (AvgIpc) is 3.06. The van der Waals surface area contributed by atoms with E-state index >= 15 is 0 Å². The fourth-order valence-corrected chi connectivity index (χ4v) is 3.68. The van der Waals surface area contributed by atoms with Crippen LogP contribution in [0, 0.1) is 0 Å². The van der Waals surface area contributed by atoms with Crippen LogP contribution in [0.25, 0.3) is 0 Å². The van der Waals surface area contributed by atoms with Gasteiger partial charge in [0.25, 0.3) is 5.91 Å². The van der Waals surface area contributed by atoms with Crippen LogP contribution in [0.1, 0.15) is 34.7 Å². The van der Waals surface area contributed by atoms with Crippen molar-refractivity contribution in [2.24, 2.45) is 0 Å². The molecule has 0 saturated carbocycles. The smallest absolute Gasteiger partial charge is 0.276 e. The summed E-state index contributed by atoms with van der Waals surface area (Å²) in [5.41, 5.74) is 1.52. The van der Waals surface area contributed by atoms with Gasteiger partial charge in [0, 0.05) is 44.4 Å². The molecule has 0 spiro atoms. The quantitative estimate of drug-likeness (QED) is 0.836. The SMILES string of the molecule is O=C(c1noc2c1CCCC2)N1CCN(c2ncccc2Cl)CC1. The fourth-order valence-electron chi connectivity index (χ4n) is 3.43. The van der Waals surface area contributed by atoms with Gasteiger partial charge in [-0.1, -0.05) is 16.8 Å². The van der Waals surface area contributed by atoms with Crippen LogP contribution in [0.5, 0.6) is 0 Å². The summed E-state index contributed by atoms with van der Waals surface area (Å²) in [4.78, 5) is 21.1. The van der Waals surface area contributed by atoms with E-state index in [2.05, 4.69) is 15.0 Å². The van der Waals surface area contributed by atoms with Gasteiger partial charge >= 0.3 is 0 Å². The van der Waals surface area contributed by atoms with E-state index in [1.807, 2.05) is 17.0 Å². The van der Waals surface area contributed by atoms with Crippen molar-refractivity contribution in [3.8, 4) is 0 Å². The summed E-state index contributed by atoms with van der Waals surface area (Å²) in [6.45, 7) is 2.69. The van der Waals surface area contributed by atoms with E-state index in [9.17, 15) is 4.79 Å². The molecular formula is C17H19ClN4O2. The van der Waals surface area contributed by atoms with Crippen molar-refractivity contribution in [3.05, 3.63) is 40.4 Å². The summed E-state index contributed by atoms with van der Waals surface area (Å²) in [7, 11) is 0. The van der Waals surface area contributed by atoms with Crippen LogP contribution in [0.3, 0.4) is 0 Å². The average molecular weight is 347 g/mol. The van der Waals surface area contributed by atoms with E-state index in [1.165, 1.54) is 0 Å². The van der Waals surface area contributed by atoms with Gasteiger partial charge in [0.2, 0.25) is 0 Å². The lowest BCUT2D eigenvalue weighted by molar-refractivity contribution is 0.0735. The maximum Gasteiger partial charge on any atom is 0.276 e. The second kappa shape index (κ2) is 6.43. The number of piperazine rings is 1. The van der Waals surface area contributed by atoms with E-state index in [0.717, 1.165) is 42.8 Å². The molecule has 1 fully saturated rings. The van der Waals surface area contributed by atoms with Crippen molar-refractivity contribution in [2.45, 2.75) is 25.7 Å². The molecule has 0 aromatic carbocycles. The Kier molecular flexibility index (Phi) is 4.14. The highest BCUT2D eigenvalue weighted by molar-refractivity contribution is 6.32. The Morgan fingerprint density at radius 1 is 1.17 bits per heavy atom. The van der Waals surface area contributed by atoms with Gasteiger partial charge in [-0.2, -0.15) is 0 Å². The van der Waals surface area contributed by atoms with Gasteiger partial charge in [0.05, 0.1) is 5.02 Å². The molecule has 4 rings (SSSR count). The Hall–Kier alpha value is -2.08. The van der Waals surface area contributed by atoms with Gasteiger partial charge in [-0.25, -0.2) is 4.98 Å². The summed E-state index contributed by atoms with van der Waals surface area (Å²) in [6.07, 6.45) is 5.73. The highest BCUT2D eigenvalue weighted by atomic mass is 35.5. The van der Waals surface area contributed by atoms with Crippen LogP contribution in [-0.2, 0) is 12.8 Å². The van der Waals surface area contributed by atoms with Crippen molar-refractivity contribution in [3.63, 3.8) is 0 Å². The minimum Gasteiger partial charge on any atom is -0.360 e. The lowest BCUT2D eigenvalue weighted by atomic mass is 9.96. The first-order chi connectivity index (χ1) is 11.7. The van der Waals surface area contributed by atoms with E-state index in [1.54, 1.807) is 6.20 Å². The topological polar surface area (TPSA) is 62.5 Å². The van der Waals surface area contributed by atoms with E-state index in [-0.39, 0.29) is 5.91 Å². The van der Waals surface area contributed by atoms with Crippen molar-refractivity contribution in [2.75, 3.05) is 31.1 Å². The van der Waals surface area contributed by atoms with Crippen LogP contribution in [-0.4, -0.2) is 47.1 Å². The van der Waals surface area contributed by atoms with E-state index in [4.69, 9.17) is 16.1 Å². The minimum atomic E-state index is -0.0198. The van der Waals surface area contributed by atoms with Crippen molar-refractivity contribution in [1.82, 2.24) is 15.0 Å². The first-order valence-corrected chi connectivity index (χ1v) is 8.74. The zero-order chi connectivity index (χ0) is 16.5. The Balaban J connectivity index is 1.45. The summed E-state index contributed by atoms with van der Waals surface area (Å²) < 4.78 is 5.37. The molecule has 1 aliphatic carbocycles. The van der Waals surface area contributed by atoms with Gasteiger partial charge in [0.15, 0.2) is 5.69 Å². The molecule has 0 N–H and O–H groups in total. The fraction of sp³-hybridized carbons (Fsp3) is 0.471. The number of carbonyl (C=O) groups is 1. The summed E-state index contributed by atoms with van der Waals surface area (Å²) in [5.74, 6) is 1.65. The predicted molar refractivity (Wildman–Crippen MR) is 90.5 cm³/mol. The maximum atomic E-state index is 12.8. The normalized spacial score (nSPS) is 17.7. The number of pyridine rings is 1. The third kappa shape index (κ3) is 2.75. The molecule has 3 heterocycles. The largest absolute Gasteiger partial charge is 0.360 e. The molecule has 0 atom stereocenters. The molecule has 2 aromatic heterocycles. The van der Waals surface area contributed by atoms with Crippen LogP contribution in [0.2, 0.25) is 5.02 Å². The zero-order valence-electron chi connectivity index (χ0n) is 13.4. The highest BCUT2D eigenvalue weighted by Crippen LogP contribution is 2.26. The van der Waals surface area contributed by atoms with Crippen LogP contribution in [0.4, 0.5) is 5.82 Å². The zero-order valence-corrected chi connectivity index (χ0v) is 14.1. The Morgan fingerprint density at radius 2 is 1.96 bits per heavy atom. The number of halogens is 1. The lowest BCUT2D eigenvalue weighted by Crippen LogP contribution is -2.49. The maximum absolute atomic E-state index is 12.8. The molecule has 7 heteroatoms. The number of nitrogens with zero attached hydrogens (tertiary/aromatic N) is 4.